The van der Waals surface area contributed by atoms with E-state index in [1.165, 1.54) is 28.4 Å². The third kappa shape index (κ3) is 3.96. The number of aromatic nitrogens is 1. The molecule has 2 heterocycles. The second-order valence-electron chi connectivity index (χ2n) is 7.48. The van der Waals surface area contributed by atoms with Crippen LogP contribution in [0.25, 0.3) is 10.2 Å². The van der Waals surface area contributed by atoms with Crippen LogP contribution in [0.3, 0.4) is 0 Å². The van der Waals surface area contributed by atoms with E-state index in [1.807, 2.05) is 55.5 Å². The van der Waals surface area contributed by atoms with Crippen LogP contribution >= 0.6 is 11.3 Å². The molecule has 0 unspecified atom stereocenters. The number of ether oxygens (including phenoxy) is 1. The van der Waals surface area contributed by atoms with Crippen molar-refractivity contribution < 1.29 is 19.1 Å². The van der Waals surface area contributed by atoms with Gasteiger partial charge in [-0.1, -0.05) is 41.7 Å². The van der Waals surface area contributed by atoms with Crippen molar-refractivity contribution in [2.75, 3.05) is 11.9 Å². The highest BCUT2D eigenvalue weighted by molar-refractivity contribution is 7.22. The second kappa shape index (κ2) is 8.48. The molecule has 1 N–H and O–H groups in total. The van der Waals surface area contributed by atoms with Crippen LogP contribution in [0.1, 0.15) is 43.6 Å². The zero-order chi connectivity index (χ0) is 22.9. The third-order valence-corrected chi connectivity index (χ3v) is 6.24. The van der Waals surface area contributed by atoms with Gasteiger partial charge in [0.1, 0.15) is 5.75 Å². The summed E-state index contributed by atoms with van der Waals surface area (Å²) in [5.74, 6) is -0.420. The monoisotopic (exact) mass is 457 g/mol. The van der Waals surface area contributed by atoms with E-state index in [2.05, 4.69) is 10.3 Å². The normalized spacial score (nSPS) is 12.8. The minimum Gasteiger partial charge on any atom is -0.494 e. The molecule has 3 aromatic carbocycles. The first-order valence-electron chi connectivity index (χ1n) is 10.4. The van der Waals surface area contributed by atoms with Crippen molar-refractivity contribution in [2.45, 2.75) is 13.5 Å². The van der Waals surface area contributed by atoms with Gasteiger partial charge < -0.3 is 4.74 Å². The van der Waals surface area contributed by atoms with Crippen molar-refractivity contribution in [3.8, 4) is 5.75 Å². The number of carbonyl (C=O) groups excluding carboxylic acids is 3. The highest BCUT2D eigenvalue weighted by Gasteiger charge is 2.36. The second-order valence-corrected chi connectivity index (χ2v) is 8.51. The first kappa shape index (κ1) is 20.8. The van der Waals surface area contributed by atoms with Crippen molar-refractivity contribution in [3.05, 3.63) is 89.0 Å². The number of imide groups is 1. The molecule has 1 aliphatic heterocycles. The number of fused-ring (bicyclic) bond motifs is 2. The van der Waals surface area contributed by atoms with Crippen LogP contribution in [0.4, 0.5) is 5.13 Å². The van der Waals surface area contributed by atoms with Crippen LogP contribution < -0.4 is 10.1 Å². The van der Waals surface area contributed by atoms with Crippen molar-refractivity contribution in [1.29, 1.82) is 0 Å². The molecule has 0 spiro atoms. The summed E-state index contributed by atoms with van der Waals surface area (Å²) in [6.07, 6.45) is 0. The summed E-state index contributed by atoms with van der Waals surface area (Å²) in [5, 5.41) is 3.23. The maximum atomic E-state index is 12.9. The van der Waals surface area contributed by atoms with Crippen molar-refractivity contribution in [3.63, 3.8) is 0 Å². The third-order valence-electron chi connectivity index (χ3n) is 5.31. The molecule has 4 aromatic rings. The first-order chi connectivity index (χ1) is 16.0. The fraction of sp³-hybridized carbons (Fsp3) is 0.120. The lowest BCUT2D eigenvalue weighted by Crippen LogP contribution is -2.29. The average molecular weight is 458 g/mol. The summed E-state index contributed by atoms with van der Waals surface area (Å²) in [4.78, 5) is 44.1. The van der Waals surface area contributed by atoms with Gasteiger partial charge in [-0.2, -0.15) is 0 Å². The average Bonchev–Trinajstić information content (AvgIpc) is 3.33. The molecule has 8 heteroatoms. The van der Waals surface area contributed by atoms with Gasteiger partial charge in [0.15, 0.2) is 5.13 Å². The standard InChI is InChI=1S/C25H19N3O4S/c1-2-32-17-9-11-20-21(13-17)33-25(26-20)27-22(29)16-8-10-18-19(12-16)24(31)28(23(18)30)14-15-6-4-3-5-7-15/h3-13H,2,14H2,1H3,(H,26,27,29). The number of thiazole rings is 1. The van der Waals surface area contributed by atoms with Crippen molar-refractivity contribution in [2.24, 2.45) is 0 Å². The Bertz CT molecular complexity index is 1400. The zero-order valence-electron chi connectivity index (χ0n) is 17.7. The molecular formula is C25H19N3O4S. The number of benzene rings is 3. The van der Waals surface area contributed by atoms with Gasteiger partial charge in [0.2, 0.25) is 0 Å². The van der Waals surface area contributed by atoms with E-state index in [9.17, 15) is 14.4 Å². The number of nitrogens with one attached hydrogen (secondary N) is 1. The van der Waals surface area contributed by atoms with Crippen LogP contribution in [0, 0.1) is 0 Å². The number of carbonyl (C=O) groups is 3. The summed E-state index contributed by atoms with van der Waals surface area (Å²) in [5.41, 5.74) is 2.43. The summed E-state index contributed by atoms with van der Waals surface area (Å²) in [6, 6.07) is 19.4. The molecule has 7 nitrogen and oxygen atoms in total. The Hall–Kier alpha value is -4.04. The van der Waals surface area contributed by atoms with Gasteiger partial charge in [-0.25, -0.2) is 4.98 Å². The molecular weight excluding hydrogens is 438 g/mol. The van der Waals surface area contributed by atoms with Crippen LogP contribution in [0.5, 0.6) is 5.75 Å². The number of anilines is 1. The Morgan fingerprint density at radius 2 is 1.79 bits per heavy atom. The van der Waals surface area contributed by atoms with Crippen LogP contribution in [-0.2, 0) is 6.54 Å². The molecule has 0 saturated carbocycles. The number of nitrogens with zero attached hydrogens (tertiary/aromatic N) is 2. The molecule has 0 bridgehead atoms. The molecule has 0 atom stereocenters. The Kier molecular flexibility index (Phi) is 5.35. The molecule has 0 radical (unpaired) electrons. The number of hydrogen-bond donors (Lipinski definition) is 1. The first-order valence-corrected chi connectivity index (χ1v) is 11.2. The lowest BCUT2D eigenvalue weighted by Gasteiger charge is -2.13. The van der Waals surface area contributed by atoms with E-state index in [4.69, 9.17) is 4.74 Å². The van der Waals surface area contributed by atoms with Crippen molar-refractivity contribution >= 4 is 44.4 Å². The molecule has 0 saturated heterocycles. The largest absolute Gasteiger partial charge is 0.494 e. The van der Waals surface area contributed by atoms with Gasteiger partial charge in [-0.15, -0.1) is 0 Å². The van der Waals surface area contributed by atoms with E-state index in [0.29, 0.717) is 17.3 Å². The quantitative estimate of drug-likeness (QED) is 0.423. The summed E-state index contributed by atoms with van der Waals surface area (Å²) in [7, 11) is 0. The predicted molar refractivity (Wildman–Crippen MR) is 126 cm³/mol. The van der Waals surface area contributed by atoms with E-state index < -0.39 is 11.8 Å². The molecule has 164 valence electrons. The van der Waals surface area contributed by atoms with Gasteiger partial charge >= 0.3 is 0 Å². The molecule has 5 rings (SSSR count). The highest BCUT2D eigenvalue weighted by Crippen LogP contribution is 2.30. The van der Waals surface area contributed by atoms with E-state index in [1.54, 1.807) is 6.07 Å². The van der Waals surface area contributed by atoms with E-state index in [0.717, 1.165) is 21.5 Å². The van der Waals surface area contributed by atoms with Gasteiger partial charge in [0.05, 0.1) is 34.5 Å². The van der Waals surface area contributed by atoms with Crippen LogP contribution in [0.15, 0.2) is 66.7 Å². The number of rotatable bonds is 6. The molecule has 1 aromatic heterocycles. The molecule has 1 aliphatic rings. The maximum Gasteiger partial charge on any atom is 0.261 e. The lowest BCUT2D eigenvalue weighted by molar-refractivity contribution is 0.0642. The highest BCUT2D eigenvalue weighted by atomic mass is 32.1. The SMILES string of the molecule is CCOc1ccc2nc(NC(=O)c3ccc4c(c3)C(=O)N(Cc3ccccc3)C4=O)sc2c1. The van der Waals surface area contributed by atoms with E-state index in [-0.39, 0.29) is 23.6 Å². The molecule has 33 heavy (non-hydrogen) atoms. The molecule has 3 amide bonds. The van der Waals surface area contributed by atoms with Gasteiger partial charge in [0.25, 0.3) is 17.7 Å². The molecule has 0 aliphatic carbocycles. The lowest BCUT2D eigenvalue weighted by atomic mass is 10.1. The summed E-state index contributed by atoms with van der Waals surface area (Å²) in [6.45, 7) is 2.67. The molecule has 0 fully saturated rings. The summed E-state index contributed by atoms with van der Waals surface area (Å²) < 4.78 is 6.40. The van der Waals surface area contributed by atoms with Crippen molar-refractivity contribution in [1.82, 2.24) is 9.88 Å². The predicted octanol–water partition coefficient (Wildman–Crippen LogP) is 4.74. The van der Waals surface area contributed by atoms with Gasteiger partial charge in [0, 0.05) is 5.56 Å². The zero-order valence-corrected chi connectivity index (χ0v) is 18.5. The maximum absolute atomic E-state index is 12.9. The van der Waals surface area contributed by atoms with Crippen LogP contribution in [0.2, 0.25) is 0 Å². The topological polar surface area (TPSA) is 88.6 Å². The Morgan fingerprint density at radius 3 is 2.58 bits per heavy atom. The number of hydrogen-bond acceptors (Lipinski definition) is 6. The minimum absolute atomic E-state index is 0.185. The Labute approximate surface area is 193 Å². The fourth-order valence-electron chi connectivity index (χ4n) is 3.73. The smallest absolute Gasteiger partial charge is 0.261 e. The summed E-state index contributed by atoms with van der Waals surface area (Å²) >= 11 is 1.34. The van der Waals surface area contributed by atoms with Gasteiger partial charge in [-0.3, -0.25) is 24.6 Å². The number of amides is 3. The van der Waals surface area contributed by atoms with Gasteiger partial charge in [-0.05, 0) is 48.9 Å². The van der Waals surface area contributed by atoms with E-state index >= 15 is 0 Å². The Balaban J connectivity index is 1.35. The Morgan fingerprint density at radius 1 is 1.00 bits per heavy atom. The minimum atomic E-state index is -0.406. The fourth-order valence-corrected chi connectivity index (χ4v) is 4.62. The van der Waals surface area contributed by atoms with Crippen LogP contribution in [-0.4, -0.2) is 34.2 Å².